The summed E-state index contributed by atoms with van der Waals surface area (Å²) in [6.45, 7) is 0.0725. The Morgan fingerprint density at radius 2 is 1.36 bits per heavy atom. The molecule has 0 saturated carbocycles. The number of nitrogens with zero attached hydrogens (tertiary/aromatic N) is 4. The first kappa shape index (κ1) is 22.6. The topological polar surface area (TPSA) is 72.9 Å². The molecular formula is C18H19Cl3N4O2S. The molecule has 2 aromatic carbocycles. The van der Waals surface area contributed by atoms with E-state index in [0.717, 1.165) is 32.9 Å². The fourth-order valence-corrected chi connectivity index (χ4v) is 2.96. The number of hydrogen-bond acceptors (Lipinski definition) is 4. The van der Waals surface area contributed by atoms with Crippen molar-refractivity contribution in [3.63, 3.8) is 0 Å². The Kier molecular flexibility index (Phi) is 8.72. The first-order valence-electron chi connectivity index (χ1n) is 8.09. The van der Waals surface area contributed by atoms with Crippen LogP contribution in [0.25, 0.3) is 21.8 Å². The van der Waals surface area contributed by atoms with Gasteiger partial charge in [-0.3, -0.25) is 9.36 Å². The molecular weight excluding hydrogens is 443 g/mol. The van der Waals surface area contributed by atoms with Crippen molar-refractivity contribution in [3.8, 4) is 0 Å². The van der Waals surface area contributed by atoms with Crippen molar-refractivity contribution in [3.05, 3.63) is 59.9 Å². The summed E-state index contributed by atoms with van der Waals surface area (Å²) in [6, 6.07) is 11.9. The van der Waals surface area contributed by atoms with Crippen LogP contribution in [0, 0.1) is 0 Å². The molecule has 28 heavy (non-hydrogen) atoms. The molecule has 4 rings (SSSR count). The average Bonchev–Trinajstić information content (AvgIpc) is 3.25. The summed E-state index contributed by atoms with van der Waals surface area (Å²) in [4.78, 5) is 0. The number of aromatic nitrogens is 4. The van der Waals surface area contributed by atoms with Crippen molar-refractivity contribution in [1.82, 2.24) is 19.6 Å². The number of fused-ring (bicyclic) bond motifs is 2. The fraction of sp³-hybridized carbons (Fsp3) is 0.222. The zero-order valence-corrected chi connectivity index (χ0v) is 18.3. The molecule has 0 atom stereocenters. The monoisotopic (exact) mass is 460 g/mol. The summed E-state index contributed by atoms with van der Waals surface area (Å²) in [7, 11) is 11.2. The Morgan fingerprint density at radius 1 is 0.929 bits per heavy atom. The molecule has 0 amide bonds. The quantitative estimate of drug-likeness (QED) is 0.354. The molecule has 0 spiro atoms. The van der Waals surface area contributed by atoms with Crippen LogP contribution < -0.4 is 0 Å². The van der Waals surface area contributed by atoms with Crippen molar-refractivity contribution in [1.29, 1.82) is 0 Å². The normalized spacial score (nSPS) is 10.5. The van der Waals surface area contributed by atoms with Gasteiger partial charge in [0.1, 0.15) is 0 Å². The number of alkyl halides is 1. The molecule has 0 radical (unpaired) electrons. The third kappa shape index (κ3) is 5.68. The van der Waals surface area contributed by atoms with E-state index in [1.165, 1.54) is 0 Å². The van der Waals surface area contributed by atoms with E-state index in [1.807, 2.05) is 61.4 Å². The highest BCUT2D eigenvalue weighted by Crippen LogP contribution is 2.19. The molecule has 2 aromatic heterocycles. The van der Waals surface area contributed by atoms with Crippen molar-refractivity contribution in [2.75, 3.05) is 0 Å². The maximum atomic E-state index is 9.09. The van der Waals surface area contributed by atoms with Crippen molar-refractivity contribution < 1.29 is 9.32 Å². The summed E-state index contributed by atoms with van der Waals surface area (Å²) in [5.41, 5.74) is 4.26. The lowest BCUT2D eigenvalue weighted by Gasteiger charge is -1.97. The van der Waals surface area contributed by atoms with Crippen molar-refractivity contribution >= 4 is 64.0 Å². The Morgan fingerprint density at radius 3 is 1.79 bits per heavy atom. The molecule has 1 N–H and O–H groups in total. The van der Waals surface area contributed by atoms with Crippen LogP contribution in [0.15, 0.2) is 48.8 Å². The Balaban J connectivity index is 0.000000169. The van der Waals surface area contributed by atoms with Gasteiger partial charge in [0.05, 0.1) is 30.0 Å². The van der Waals surface area contributed by atoms with Crippen LogP contribution in [0.3, 0.4) is 0 Å². The maximum Gasteiger partial charge on any atom is 0.211 e. The highest BCUT2D eigenvalue weighted by Gasteiger charge is 2.03. The second-order valence-corrected chi connectivity index (χ2v) is 8.50. The van der Waals surface area contributed by atoms with Crippen LogP contribution in [0.5, 0.6) is 0 Å². The second-order valence-electron chi connectivity index (χ2n) is 5.71. The molecule has 0 unspecified atom stereocenters. The summed E-state index contributed by atoms with van der Waals surface area (Å²) in [6.07, 6.45) is 3.63. The van der Waals surface area contributed by atoms with E-state index in [0.29, 0.717) is 5.88 Å². The third-order valence-corrected chi connectivity index (χ3v) is 4.37. The molecule has 0 fully saturated rings. The molecule has 0 saturated heterocycles. The lowest BCUT2D eigenvalue weighted by molar-refractivity contribution is 0.283. The van der Waals surface area contributed by atoms with E-state index in [-0.39, 0.29) is 6.61 Å². The van der Waals surface area contributed by atoms with Crippen LogP contribution in [0.2, 0.25) is 0 Å². The van der Waals surface area contributed by atoms with Gasteiger partial charge in [-0.15, -0.1) is 11.6 Å². The number of aliphatic hydroxyl groups excluding tert-OH is 1. The highest BCUT2D eigenvalue weighted by atomic mass is 36.0. The van der Waals surface area contributed by atoms with E-state index in [4.69, 9.17) is 20.9 Å². The number of aryl methyl sites for hydroxylation is 2. The minimum atomic E-state index is -1.67. The molecule has 0 aliphatic heterocycles. The fourth-order valence-electron chi connectivity index (χ4n) is 2.73. The molecule has 0 aliphatic carbocycles. The van der Waals surface area contributed by atoms with E-state index in [2.05, 4.69) is 31.6 Å². The maximum absolute atomic E-state index is 9.09. The van der Waals surface area contributed by atoms with Gasteiger partial charge in [-0.2, -0.15) is 10.2 Å². The second kappa shape index (κ2) is 10.8. The van der Waals surface area contributed by atoms with Gasteiger partial charge in [0, 0.05) is 52.1 Å². The number of aliphatic hydroxyl groups is 1. The van der Waals surface area contributed by atoms with E-state index < -0.39 is 9.23 Å². The molecule has 10 heteroatoms. The van der Waals surface area contributed by atoms with Gasteiger partial charge >= 0.3 is 0 Å². The van der Waals surface area contributed by atoms with E-state index in [9.17, 15) is 0 Å². The number of hydrogen-bond donors (Lipinski definition) is 1. The Labute approximate surface area is 179 Å². The van der Waals surface area contributed by atoms with Gasteiger partial charge in [0.25, 0.3) is 0 Å². The number of benzene rings is 2. The SMILES string of the molecule is Cn1ncc2c(CCl)cccc21.Cn1ncc2c(CO)cccc21.O=S(Cl)Cl. The predicted molar refractivity (Wildman–Crippen MR) is 117 cm³/mol. The van der Waals surface area contributed by atoms with Gasteiger partial charge in [-0.25, -0.2) is 4.21 Å². The van der Waals surface area contributed by atoms with Gasteiger partial charge in [0.15, 0.2) is 0 Å². The largest absolute Gasteiger partial charge is 0.392 e. The zero-order valence-electron chi connectivity index (χ0n) is 15.2. The number of rotatable bonds is 2. The molecule has 0 bridgehead atoms. The summed E-state index contributed by atoms with van der Waals surface area (Å²) in [5, 5.41) is 19.5. The molecule has 0 aliphatic rings. The standard InChI is InChI=1S/C9H9ClN2.C9H10N2O.Cl2OS/c1-12-9-4-2-3-7(5-10)8(9)6-11-12;1-11-9-4-2-3-7(6-12)8(9)5-10-11;1-4(2)3/h2-4,6H,5H2,1H3;2-5,12H,6H2,1H3;. The first-order valence-corrected chi connectivity index (χ1v) is 11.4. The van der Waals surface area contributed by atoms with Crippen molar-refractivity contribution in [2.45, 2.75) is 12.5 Å². The molecule has 2 heterocycles. The first-order chi connectivity index (χ1) is 13.4. The Bertz CT molecular complexity index is 997. The van der Waals surface area contributed by atoms with E-state index in [1.54, 1.807) is 10.9 Å². The van der Waals surface area contributed by atoms with Gasteiger partial charge < -0.3 is 5.11 Å². The lowest BCUT2D eigenvalue weighted by Crippen LogP contribution is -1.89. The van der Waals surface area contributed by atoms with Crippen LogP contribution >= 0.6 is 33.0 Å². The van der Waals surface area contributed by atoms with Gasteiger partial charge in [-0.05, 0) is 23.3 Å². The van der Waals surface area contributed by atoms with Crippen LogP contribution in [0.1, 0.15) is 11.1 Å². The molecule has 4 aromatic rings. The minimum absolute atomic E-state index is 0.0725. The molecule has 150 valence electrons. The third-order valence-electron chi connectivity index (χ3n) is 4.08. The Hall–Kier alpha value is -1.64. The van der Waals surface area contributed by atoms with Crippen LogP contribution in [-0.2, 0) is 35.8 Å². The average molecular weight is 462 g/mol. The molecule has 6 nitrogen and oxygen atoms in total. The zero-order chi connectivity index (χ0) is 20.7. The number of halogens is 3. The van der Waals surface area contributed by atoms with Crippen LogP contribution in [0.4, 0.5) is 0 Å². The summed E-state index contributed by atoms with van der Waals surface area (Å²) < 4.78 is 12.7. The highest BCUT2D eigenvalue weighted by molar-refractivity contribution is 8.26. The summed E-state index contributed by atoms with van der Waals surface area (Å²) >= 11 is 5.78. The minimum Gasteiger partial charge on any atom is -0.392 e. The van der Waals surface area contributed by atoms with Gasteiger partial charge in [0.2, 0.25) is 9.23 Å². The lowest BCUT2D eigenvalue weighted by atomic mass is 10.1. The predicted octanol–water partition coefficient (Wildman–Crippen LogP) is 4.42. The smallest absolute Gasteiger partial charge is 0.211 e. The van der Waals surface area contributed by atoms with E-state index >= 15 is 0 Å². The van der Waals surface area contributed by atoms with Crippen molar-refractivity contribution in [2.24, 2.45) is 14.1 Å². The van der Waals surface area contributed by atoms with Crippen LogP contribution in [-0.4, -0.2) is 28.9 Å². The summed E-state index contributed by atoms with van der Waals surface area (Å²) in [5.74, 6) is 0.545. The van der Waals surface area contributed by atoms with Gasteiger partial charge in [-0.1, -0.05) is 24.3 Å².